The first-order valence-electron chi connectivity index (χ1n) is 8.37. The predicted octanol–water partition coefficient (Wildman–Crippen LogP) is 2.37. The van der Waals surface area contributed by atoms with Gasteiger partial charge < -0.3 is 10.2 Å². The summed E-state index contributed by atoms with van der Waals surface area (Å²) in [4.78, 5) is 35.4. The Morgan fingerprint density at radius 3 is 2.81 bits per heavy atom. The fraction of sp³-hybridized carbons (Fsp3) is 0.294. The van der Waals surface area contributed by atoms with Crippen molar-refractivity contribution >= 4 is 38.4 Å². The first kappa shape index (κ1) is 17.5. The minimum atomic E-state index is -0.761. The van der Waals surface area contributed by atoms with Crippen molar-refractivity contribution < 1.29 is 13.6 Å². The molecule has 0 bridgehead atoms. The van der Waals surface area contributed by atoms with Crippen molar-refractivity contribution in [1.82, 2.24) is 14.5 Å². The molecule has 0 unspecified atom stereocenters. The highest BCUT2D eigenvalue weighted by Crippen LogP contribution is 2.27. The topological polar surface area (TPSA) is 80.1 Å². The second-order valence-corrected chi connectivity index (χ2v) is 7.17. The van der Waals surface area contributed by atoms with Crippen LogP contribution in [0.3, 0.4) is 0 Å². The molecule has 7 nitrogen and oxygen atoms in total. The van der Waals surface area contributed by atoms with Crippen LogP contribution in [0, 0.1) is 11.6 Å². The van der Waals surface area contributed by atoms with E-state index in [2.05, 4.69) is 20.2 Å². The second kappa shape index (κ2) is 7.03. The lowest BCUT2D eigenvalue weighted by molar-refractivity contribution is -0.116. The average Bonchev–Trinajstić information content (AvgIpc) is 3.30. The van der Waals surface area contributed by atoms with E-state index in [4.69, 9.17) is 0 Å². The molecule has 1 amide bonds. The number of hydrogen-bond acceptors (Lipinski definition) is 6. The number of nitrogens with zero attached hydrogens (tertiary/aromatic N) is 4. The first-order valence-corrected chi connectivity index (χ1v) is 9.19. The van der Waals surface area contributed by atoms with E-state index in [0.717, 1.165) is 53.8 Å². The first-order chi connectivity index (χ1) is 13.0. The highest BCUT2D eigenvalue weighted by atomic mass is 32.1. The summed E-state index contributed by atoms with van der Waals surface area (Å²) in [5, 5.41) is 3.01. The third-order valence-corrected chi connectivity index (χ3v) is 5.36. The van der Waals surface area contributed by atoms with Crippen LogP contribution in [0.4, 0.5) is 19.6 Å². The van der Waals surface area contributed by atoms with Crippen LogP contribution in [0.1, 0.15) is 12.8 Å². The number of carbonyl (C=O) groups excluding carboxylic acids is 1. The Kier molecular flexibility index (Phi) is 4.56. The van der Waals surface area contributed by atoms with Crippen molar-refractivity contribution in [2.75, 3.05) is 23.3 Å². The molecule has 3 aromatic rings. The molecule has 3 heterocycles. The molecule has 1 saturated heterocycles. The van der Waals surface area contributed by atoms with Crippen LogP contribution in [0.5, 0.6) is 0 Å². The summed E-state index contributed by atoms with van der Waals surface area (Å²) < 4.78 is 28.3. The number of amides is 1. The van der Waals surface area contributed by atoms with Gasteiger partial charge in [-0.1, -0.05) is 11.3 Å². The molecular formula is C17H15F2N5O2S. The number of fused-ring (bicyclic) bond motifs is 1. The minimum absolute atomic E-state index is 0.281. The fourth-order valence-corrected chi connectivity index (χ4v) is 3.95. The van der Waals surface area contributed by atoms with Gasteiger partial charge in [-0.15, -0.1) is 0 Å². The van der Waals surface area contributed by atoms with Crippen molar-refractivity contribution in [2.24, 2.45) is 0 Å². The Labute approximate surface area is 156 Å². The molecule has 1 aliphatic heterocycles. The Morgan fingerprint density at radius 1 is 1.26 bits per heavy atom. The molecule has 140 valence electrons. The van der Waals surface area contributed by atoms with Crippen molar-refractivity contribution in [3.05, 3.63) is 46.5 Å². The molecule has 0 atom stereocenters. The fourth-order valence-electron chi connectivity index (χ4n) is 2.93. The van der Waals surface area contributed by atoms with E-state index in [1.54, 1.807) is 0 Å². The van der Waals surface area contributed by atoms with Gasteiger partial charge in [0.05, 0.1) is 5.69 Å². The summed E-state index contributed by atoms with van der Waals surface area (Å²) >= 11 is 1.25. The molecule has 1 fully saturated rings. The van der Waals surface area contributed by atoms with Gasteiger partial charge in [-0.3, -0.25) is 14.2 Å². The summed E-state index contributed by atoms with van der Waals surface area (Å²) in [5.74, 6) is -2.10. The van der Waals surface area contributed by atoms with Gasteiger partial charge in [-0.2, -0.15) is 4.98 Å². The number of nitrogens with one attached hydrogen (secondary N) is 1. The number of aromatic nitrogens is 3. The summed E-state index contributed by atoms with van der Waals surface area (Å²) in [6, 6.07) is 2.75. The summed E-state index contributed by atoms with van der Waals surface area (Å²) in [5.41, 5.74) is -0.325. The van der Waals surface area contributed by atoms with Crippen molar-refractivity contribution in [3.63, 3.8) is 0 Å². The average molecular weight is 391 g/mol. The van der Waals surface area contributed by atoms with Gasteiger partial charge in [0.1, 0.15) is 29.2 Å². The normalized spacial score (nSPS) is 14.1. The molecule has 27 heavy (non-hydrogen) atoms. The van der Waals surface area contributed by atoms with E-state index in [1.165, 1.54) is 17.7 Å². The van der Waals surface area contributed by atoms with Gasteiger partial charge in [0.15, 0.2) is 10.8 Å². The van der Waals surface area contributed by atoms with Gasteiger partial charge in [-0.05, 0) is 25.0 Å². The van der Waals surface area contributed by atoms with E-state index in [-0.39, 0.29) is 12.2 Å². The van der Waals surface area contributed by atoms with Crippen LogP contribution in [-0.4, -0.2) is 33.5 Å². The molecule has 4 rings (SSSR count). The van der Waals surface area contributed by atoms with E-state index in [9.17, 15) is 18.4 Å². The third-order valence-electron chi connectivity index (χ3n) is 4.27. The third kappa shape index (κ3) is 3.52. The SMILES string of the molecule is O=C(Cn1cnc2nc(N3CCCC3)sc2c1=O)Nc1cc(F)ccc1F. The van der Waals surface area contributed by atoms with Gasteiger partial charge in [0.25, 0.3) is 5.56 Å². The van der Waals surface area contributed by atoms with Gasteiger partial charge in [-0.25, -0.2) is 13.8 Å². The second-order valence-electron chi connectivity index (χ2n) is 6.19. The highest BCUT2D eigenvalue weighted by Gasteiger charge is 2.19. The maximum absolute atomic E-state index is 13.6. The Hall–Kier alpha value is -2.88. The van der Waals surface area contributed by atoms with Gasteiger partial charge >= 0.3 is 0 Å². The number of benzene rings is 1. The zero-order chi connectivity index (χ0) is 19.0. The summed E-state index contributed by atoms with van der Waals surface area (Å²) in [6.07, 6.45) is 3.41. The van der Waals surface area contributed by atoms with Gasteiger partial charge in [0.2, 0.25) is 5.91 Å². The van der Waals surface area contributed by atoms with Gasteiger partial charge in [0, 0.05) is 19.2 Å². The zero-order valence-corrected chi connectivity index (χ0v) is 14.9. The van der Waals surface area contributed by atoms with Crippen molar-refractivity contribution in [1.29, 1.82) is 0 Å². The number of carbonyl (C=O) groups is 1. The van der Waals surface area contributed by atoms with E-state index < -0.39 is 23.1 Å². The van der Waals surface area contributed by atoms with Crippen LogP contribution in [-0.2, 0) is 11.3 Å². The standard InChI is InChI=1S/C17H15F2N5O2S/c18-10-3-4-11(19)12(7-10)21-13(25)8-24-9-20-15-14(16(24)26)27-17(22-15)23-5-1-2-6-23/h3-4,7,9H,1-2,5-6,8H2,(H,21,25). The molecule has 2 aromatic heterocycles. The zero-order valence-electron chi connectivity index (χ0n) is 14.1. The molecule has 1 aromatic carbocycles. The van der Waals surface area contributed by atoms with Crippen molar-refractivity contribution in [3.8, 4) is 0 Å². The maximum Gasteiger partial charge on any atom is 0.273 e. The lowest BCUT2D eigenvalue weighted by Crippen LogP contribution is -2.27. The molecule has 1 aliphatic rings. The van der Waals surface area contributed by atoms with E-state index >= 15 is 0 Å². The molecule has 0 aliphatic carbocycles. The number of hydrogen-bond donors (Lipinski definition) is 1. The van der Waals surface area contributed by atoms with Crippen LogP contribution < -0.4 is 15.8 Å². The highest BCUT2D eigenvalue weighted by molar-refractivity contribution is 7.22. The molecule has 0 saturated carbocycles. The van der Waals surface area contributed by atoms with E-state index in [0.29, 0.717) is 10.3 Å². The smallest absolute Gasteiger partial charge is 0.273 e. The monoisotopic (exact) mass is 391 g/mol. The van der Waals surface area contributed by atoms with E-state index in [1.807, 2.05) is 0 Å². The van der Waals surface area contributed by atoms with Crippen LogP contribution in [0.2, 0.25) is 0 Å². The summed E-state index contributed by atoms with van der Waals surface area (Å²) in [7, 11) is 0. The Balaban J connectivity index is 1.56. The Morgan fingerprint density at radius 2 is 2.04 bits per heavy atom. The van der Waals surface area contributed by atoms with Crippen LogP contribution in [0.15, 0.2) is 29.3 Å². The molecular weight excluding hydrogens is 376 g/mol. The minimum Gasteiger partial charge on any atom is -0.348 e. The number of rotatable bonds is 4. The largest absolute Gasteiger partial charge is 0.348 e. The predicted molar refractivity (Wildman–Crippen MR) is 98.1 cm³/mol. The number of halogens is 2. The number of anilines is 2. The molecule has 0 radical (unpaired) electrons. The molecule has 10 heteroatoms. The van der Waals surface area contributed by atoms with Crippen molar-refractivity contribution in [2.45, 2.75) is 19.4 Å². The van der Waals surface area contributed by atoms with Crippen LogP contribution in [0.25, 0.3) is 10.3 Å². The molecule has 0 spiro atoms. The lowest BCUT2D eigenvalue weighted by Gasteiger charge is -2.11. The quantitative estimate of drug-likeness (QED) is 0.739. The molecule has 1 N–H and O–H groups in total. The Bertz CT molecular complexity index is 1070. The maximum atomic E-state index is 13.6. The summed E-state index contributed by atoms with van der Waals surface area (Å²) in [6.45, 7) is 1.43. The number of thiazole rings is 1. The van der Waals surface area contributed by atoms with Crippen LogP contribution >= 0.6 is 11.3 Å². The lowest BCUT2D eigenvalue weighted by atomic mass is 10.3.